The van der Waals surface area contributed by atoms with Gasteiger partial charge in [0, 0.05) is 6.61 Å². The highest BCUT2D eigenvalue weighted by atomic mass is 35.5. The number of ether oxygens (including phenoxy) is 3. The van der Waals surface area contributed by atoms with Gasteiger partial charge in [-0.25, -0.2) is 0 Å². The highest BCUT2D eigenvalue weighted by Crippen LogP contribution is 2.39. The van der Waals surface area contributed by atoms with E-state index in [9.17, 15) is 0 Å². The van der Waals surface area contributed by atoms with Crippen molar-refractivity contribution in [2.45, 2.75) is 20.0 Å². The Balaban J connectivity index is 2.09. The summed E-state index contributed by atoms with van der Waals surface area (Å²) in [6.45, 7) is 3.64. The molecule has 82 valence electrons. The second kappa shape index (κ2) is 4.73. The zero-order valence-electron chi connectivity index (χ0n) is 8.59. The van der Waals surface area contributed by atoms with E-state index in [4.69, 9.17) is 25.8 Å². The second-order valence-electron chi connectivity index (χ2n) is 3.36. The summed E-state index contributed by atoms with van der Waals surface area (Å²) in [6, 6.07) is 3.76. The topological polar surface area (TPSA) is 27.7 Å². The van der Waals surface area contributed by atoms with E-state index < -0.39 is 0 Å². The molecule has 0 saturated carbocycles. The van der Waals surface area contributed by atoms with Crippen LogP contribution in [0.15, 0.2) is 12.1 Å². The summed E-state index contributed by atoms with van der Waals surface area (Å²) in [6.07, 6.45) is 1.01. The van der Waals surface area contributed by atoms with Crippen molar-refractivity contribution in [1.82, 2.24) is 0 Å². The summed E-state index contributed by atoms with van der Waals surface area (Å²) in [4.78, 5) is 0. The largest absolute Gasteiger partial charge is 0.454 e. The normalized spacial score (nSPS) is 13.2. The Morgan fingerprint density at radius 1 is 1.40 bits per heavy atom. The lowest BCUT2D eigenvalue weighted by Crippen LogP contribution is -1.94. The number of rotatable bonds is 4. The molecule has 0 saturated heterocycles. The molecule has 1 aromatic carbocycles. The first-order chi connectivity index (χ1) is 7.31. The monoisotopic (exact) mass is 228 g/mol. The minimum Gasteiger partial charge on any atom is -0.454 e. The minimum atomic E-state index is 0.244. The fraction of sp³-hybridized carbons (Fsp3) is 0.455. The Hall–Kier alpha value is -0.930. The van der Waals surface area contributed by atoms with Crippen LogP contribution in [0.4, 0.5) is 0 Å². The fourth-order valence-electron chi connectivity index (χ4n) is 1.44. The van der Waals surface area contributed by atoms with Gasteiger partial charge in [-0.3, -0.25) is 0 Å². The van der Waals surface area contributed by atoms with Crippen molar-refractivity contribution in [3.05, 3.63) is 22.7 Å². The van der Waals surface area contributed by atoms with E-state index in [0.717, 1.165) is 18.6 Å². The van der Waals surface area contributed by atoms with Crippen LogP contribution in [0.1, 0.15) is 18.9 Å². The SMILES string of the molecule is CCCOCc1cc(Cl)c2c(c1)OCO2. The standard InChI is InChI=1S/C11H13ClO3/c1-2-3-13-6-8-4-9(12)11-10(5-8)14-7-15-11/h4-5H,2-3,6-7H2,1H3. The lowest BCUT2D eigenvalue weighted by atomic mass is 10.2. The highest BCUT2D eigenvalue weighted by Gasteiger charge is 2.17. The van der Waals surface area contributed by atoms with Gasteiger partial charge in [0.25, 0.3) is 0 Å². The summed E-state index contributed by atoms with van der Waals surface area (Å²) in [5, 5.41) is 0.583. The van der Waals surface area contributed by atoms with Crippen molar-refractivity contribution in [3.8, 4) is 11.5 Å². The molecule has 0 N–H and O–H groups in total. The van der Waals surface area contributed by atoms with E-state index in [2.05, 4.69) is 6.92 Å². The van der Waals surface area contributed by atoms with Crippen LogP contribution in [0.3, 0.4) is 0 Å². The van der Waals surface area contributed by atoms with E-state index in [0.29, 0.717) is 23.1 Å². The first-order valence-corrected chi connectivity index (χ1v) is 5.35. The summed E-state index contributed by atoms with van der Waals surface area (Å²) in [5.74, 6) is 1.34. The molecule has 1 aliphatic heterocycles. The molecule has 0 atom stereocenters. The molecule has 0 unspecified atom stereocenters. The number of hydrogen-bond donors (Lipinski definition) is 0. The zero-order valence-corrected chi connectivity index (χ0v) is 9.34. The zero-order chi connectivity index (χ0) is 10.7. The molecule has 0 amide bonds. The Morgan fingerprint density at radius 3 is 3.07 bits per heavy atom. The molecule has 0 spiro atoms. The van der Waals surface area contributed by atoms with Gasteiger partial charge in [-0.1, -0.05) is 18.5 Å². The van der Waals surface area contributed by atoms with Crippen molar-refractivity contribution < 1.29 is 14.2 Å². The summed E-state index contributed by atoms with van der Waals surface area (Å²) >= 11 is 6.03. The molecule has 0 radical (unpaired) electrons. The van der Waals surface area contributed by atoms with Gasteiger partial charge in [0.1, 0.15) is 0 Å². The quantitative estimate of drug-likeness (QED) is 0.742. The Kier molecular flexibility index (Phi) is 3.34. The molecular formula is C11H13ClO3. The fourth-order valence-corrected chi connectivity index (χ4v) is 1.73. The molecule has 0 bridgehead atoms. The van der Waals surface area contributed by atoms with E-state index in [1.54, 1.807) is 0 Å². The Bertz CT molecular complexity index is 352. The van der Waals surface area contributed by atoms with E-state index in [1.165, 1.54) is 0 Å². The lowest BCUT2D eigenvalue weighted by molar-refractivity contribution is 0.121. The predicted octanol–water partition coefficient (Wildman–Crippen LogP) is 3.00. The maximum atomic E-state index is 6.03. The molecule has 0 aliphatic carbocycles. The molecule has 3 nitrogen and oxygen atoms in total. The van der Waals surface area contributed by atoms with Crippen LogP contribution >= 0.6 is 11.6 Å². The van der Waals surface area contributed by atoms with Crippen LogP contribution in [-0.2, 0) is 11.3 Å². The third kappa shape index (κ3) is 2.36. The van der Waals surface area contributed by atoms with Gasteiger partial charge < -0.3 is 14.2 Å². The molecule has 0 aromatic heterocycles. The van der Waals surface area contributed by atoms with Gasteiger partial charge in [0.05, 0.1) is 11.6 Å². The average molecular weight is 229 g/mol. The van der Waals surface area contributed by atoms with E-state index >= 15 is 0 Å². The summed E-state index contributed by atoms with van der Waals surface area (Å²) in [7, 11) is 0. The van der Waals surface area contributed by atoms with E-state index in [1.807, 2.05) is 12.1 Å². The van der Waals surface area contributed by atoms with Crippen molar-refractivity contribution in [3.63, 3.8) is 0 Å². The minimum absolute atomic E-state index is 0.244. The van der Waals surface area contributed by atoms with Gasteiger partial charge in [-0.15, -0.1) is 0 Å². The summed E-state index contributed by atoms with van der Waals surface area (Å²) < 4.78 is 15.9. The number of hydrogen-bond acceptors (Lipinski definition) is 3. The summed E-state index contributed by atoms with van der Waals surface area (Å²) in [5.41, 5.74) is 1.01. The van der Waals surface area contributed by atoms with Crippen LogP contribution in [0.25, 0.3) is 0 Å². The Labute approximate surface area is 93.9 Å². The molecule has 15 heavy (non-hydrogen) atoms. The molecular weight excluding hydrogens is 216 g/mol. The van der Waals surface area contributed by atoms with Crippen LogP contribution in [0.5, 0.6) is 11.5 Å². The van der Waals surface area contributed by atoms with Gasteiger partial charge in [-0.05, 0) is 24.1 Å². The molecule has 1 aliphatic rings. The molecule has 1 aromatic rings. The van der Waals surface area contributed by atoms with Crippen LogP contribution < -0.4 is 9.47 Å². The first kappa shape index (κ1) is 10.6. The number of benzene rings is 1. The van der Waals surface area contributed by atoms with Gasteiger partial charge >= 0.3 is 0 Å². The second-order valence-corrected chi connectivity index (χ2v) is 3.77. The lowest BCUT2D eigenvalue weighted by Gasteiger charge is -2.05. The van der Waals surface area contributed by atoms with Crippen molar-refractivity contribution in [2.24, 2.45) is 0 Å². The van der Waals surface area contributed by atoms with Crippen molar-refractivity contribution >= 4 is 11.6 Å². The maximum Gasteiger partial charge on any atom is 0.231 e. The molecule has 2 rings (SSSR count). The molecule has 0 fully saturated rings. The van der Waals surface area contributed by atoms with Crippen molar-refractivity contribution in [1.29, 1.82) is 0 Å². The molecule has 1 heterocycles. The Morgan fingerprint density at radius 2 is 2.27 bits per heavy atom. The predicted molar refractivity (Wildman–Crippen MR) is 57.5 cm³/mol. The van der Waals surface area contributed by atoms with Crippen LogP contribution in [-0.4, -0.2) is 13.4 Å². The molecule has 4 heteroatoms. The van der Waals surface area contributed by atoms with Gasteiger partial charge in [0.2, 0.25) is 6.79 Å². The van der Waals surface area contributed by atoms with Crippen molar-refractivity contribution in [2.75, 3.05) is 13.4 Å². The van der Waals surface area contributed by atoms with E-state index in [-0.39, 0.29) is 6.79 Å². The average Bonchev–Trinajstić information content (AvgIpc) is 2.66. The third-order valence-corrected chi connectivity index (χ3v) is 2.38. The number of halogens is 1. The van der Waals surface area contributed by atoms with Gasteiger partial charge in [-0.2, -0.15) is 0 Å². The number of fused-ring (bicyclic) bond motifs is 1. The first-order valence-electron chi connectivity index (χ1n) is 4.97. The van der Waals surface area contributed by atoms with Crippen LogP contribution in [0, 0.1) is 0 Å². The smallest absolute Gasteiger partial charge is 0.231 e. The van der Waals surface area contributed by atoms with Gasteiger partial charge in [0.15, 0.2) is 11.5 Å². The maximum absolute atomic E-state index is 6.03. The highest BCUT2D eigenvalue weighted by molar-refractivity contribution is 6.32. The third-order valence-electron chi connectivity index (χ3n) is 2.10. The van der Waals surface area contributed by atoms with Crippen LogP contribution in [0.2, 0.25) is 5.02 Å².